The summed E-state index contributed by atoms with van der Waals surface area (Å²) in [7, 11) is -4.03. The molecule has 5 nitrogen and oxygen atoms in total. The first-order chi connectivity index (χ1) is 7.01. The summed E-state index contributed by atoms with van der Waals surface area (Å²) in [6.45, 7) is 7.34. The molecule has 0 aliphatic carbocycles. The van der Waals surface area contributed by atoms with Gasteiger partial charge < -0.3 is 9.45 Å². The van der Waals surface area contributed by atoms with Gasteiger partial charge in [0.25, 0.3) is 0 Å². The highest BCUT2D eigenvalue weighted by Gasteiger charge is 2.15. The van der Waals surface area contributed by atoms with Gasteiger partial charge in [0.05, 0.1) is 16.8 Å². The van der Waals surface area contributed by atoms with E-state index in [0.29, 0.717) is 6.42 Å². The molecule has 0 atom stereocenters. The van der Waals surface area contributed by atoms with E-state index in [4.69, 9.17) is 0 Å². The van der Waals surface area contributed by atoms with Crippen molar-refractivity contribution < 1.29 is 13.0 Å². The molecule has 0 radical (unpaired) electrons. The number of unbranched alkanes of at least 4 members (excludes halogenated alkanes) is 1. The van der Waals surface area contributed by atoms with Gasteiger partial charge in [0, 0.05) is 18.8 Å². The van der Waals surface area contributed by atoms with Crippen LogP contribution in [0.4, 0.5) is 0 Å². The van der Waals surface area contributed by atoms with E-state index in [0.717, 1.165) is 32.7 Å². The van der Waals surface area contributed by atoms with Gasteiger partial charge in [0.15, 0.2) is 0 Å². The van der Waals surface area contributed by atoms with Crippen LogP contribution in [0.15, 0.2) is 12.8 Å². The molecule has 6 heteroatoms. The lowest BCUT2D eigenvalue weighted by Crippen LogP contribution is -2.24. The van der Waals surface area contributed by atoms with E-state index >= 15 is 0 Å². The zero-order chi connectivity index (χ0) is 11.3. The molecule has 0 aromatic rings. The summed E-state index contributed by atoms with van der Waals surface area (Å²) in [5.74, 6) is -0.244. The number of hydrogen-bond donors (Lipinski definition) is 0. The number of rotatable bonds is 6. The van der Waals surface area contributed by atoms with Gasteiger partial charge in [-0.1, -0.05) is 6.58 Å². The van der Waals surface area contributed by atoms with Crippen molar-refractivity contribution in [3.63, 3.8) is 0 Å². The largest absolute Gasteiger partial charge is 0.748 e. The van der Waals surface area contributed by atoms with Crippen molar-refractivity contribution in [3.8, 4) is 0 Å². The van der Waals surface area contributed by atoms with Crippen LogP contribution < -0.4 is 0 Å². The average Bonchev–Trinajstić information content (AvgIpc) is 2.59. The molecule has 1 heterocycles. The second kappa shape index (κ2) is 5.48. The Bertz CT molecular complexity index is 302. The molecular weight excluding hydrogens is 216 g/mol. The second-order valence-corrected chi connectivity index (χ2v) is 5.25. The van der Waals surface area contributed by atoms with Crippen LogP contribution in [0.3, 0.4) is 0 Å². The third-order valence-corrected chi connectivity index (χ3v) is 3.25. The molecule has 15 heavy (non-hydrogen) atoms. The molecule has 1 saturated heterocycles. The van der Waals surface area contributed by atoms with Crippen LogP contribution in [0.1, 0.15) is 12.8 Å². The molecule has 0 unspecified atom stereocenters. The fourth-order valence-corrected chi connectivity index (χ4v) is 2.17. The zero-order valence-electron chi connectivity index (χ0n) is 8.76. The van der Waals surface area contributed by atoms with Gasteiger partial charge in [-0.3, -0.25) is 4.90 Å². The van der Waals surface area contributed by atoms with E-state index in [1.165, 1.54) is 0 Å². The van der Waals surface area contributed by atoms with Crippen molar-refractivity contribution >= 4 is 10.1 Å². The number of hydrogen-bond acceptors (Lipinski definition) is 5. The summed E-state index contributed by atoms with van der Waals surface area (Å²) in [4.78, 5) is 4.32. The third kappa shape index (κ3) is 5.15. The van der Waals surface area contributed by atoms with E-state index in [1.54, 1.807) is 0 Å². The standard InChI is InChI=1S/C9H18N2O3S/c1-2-10-6-7-11(9-10)5-3-4-8-15(12,13)14/h2H,1,3-9H2,(H,12,13,14)/p-1. The summed E-state index contributed by atoms with van der Waals surface area (Å²) >= 11 is 0. The van der Waals surface area contributed by atoms with Crippen LogP contribution in [0, 0.1) is 0 Å². The van der Waals surface area contributed by atoms with Crippen molar-refractivity contribution in [2.45, 2.75) is 12.8 Å². The van der Waals surface area contributed by atoms with Gasteiger partial charge in [-0.05, 0) is 25.6 Å². The molecule has 0 aromatic carbocycles. The summed E-state index contributed by atoms with van der Waals surface area (Å²) in [6.07, 6.45) is 3.02. The summed E-state index contributed by atoms with van der Waals surface area (Å²) in [5, 5.41) is 0. The van der Waals surface area contributed by atoms with Gasteiger partial charge >= 0.3 is 0 Å². The van der Waals surface area contributed by atoms with Crippen LogP contribution in [0.2, 0.25) is 0 Å². The molecule has 0 aromatic heterocycles. The van der Waals surface area contributed by atoms with Crippen LogP contribution in [0.25, 0.3) is 0 Å². The molecule has 0 spiro atoms. The Morgan fingerprint density at radius 2 is 2.07 bits per heavy atom. The molecule has 1 aliphatic heterocycles. The molecule has 1 fully saturated rings. The highest BCUT2D eigenvalue weighted by molar-refractivity contribution is 7.85. The quantitative estimate of drug-likeness (QED) is 0.478. The minimum Gasteiger partial charge on any atom is -0.748 e. The fourth-order valence-electron chi connectivity index (χ4n) is 1.61. The zero-order valence-corrected chi connectivity index (χ0v) is 9.58. The predicted molar refractivity (Wildman–Crippen MR) is 57.1 cm³/mol. The van der Waals surface area contributed by atoms with Gasteiger partial charge in [-0.2, -0.15) is 0 Å². The Morgan fingerprint density at radius 3 is 2.60 bits per heavy atom. The summed E-state index contributed by atoms with van der Waals surface area (Å²) in [5.41, 5.74) is 0. The maximum absolute atomic E-state index is 10.3. The molecule has 0 bridgehead atoms. The maximum atomic E-state index is 10.3. The van der Waals surface area contributed by atoms with Crippen LogP contribution >= 0.6 is 0 Å². The molecule has 0 amide bonds. The van der Waals surface area contributed by atoms with Crippen molar-refractivity contribution in [1.82, 2.24) is 9.80 Å². The van der Waals surface area contributed by atoms with Crippen molar-refractivity contribution in [2.24, 2.45) is 0 Å². The first-order valence-electron chi connectivity index (χ1n) is 5.04. The molecule has 0 saturated carbocycles. The summed E-state index contributed by atoms with van der Waals surface area (Å²) < 4.78 is 31.0. The minimum absolute atomic E-state index is 0.244. The highest BCUT2D eigenvalue weighted by Crippen LogP contribution is 2.06. The Hall–Kier alpha value is -0.590. The monoisotopic (exact) mass is 233 g/mol. The van der Waals surface area contributed by atoms with Crippen molar-refractivity contribution in [1.29, 1.82) is 0 Å². The lowest BCUT2D eigenvalue weighted by molar-refractivity contribution is 0.285. The lowest BCUT2D eigenvalue weighted by Gasteiger charge is -2.16. The van der Waals surface area contributed by atoms with Crippen LogP contribution in [-0.4, -0.2) is 54.8 Å². The Balaban J connectivity index is 2.09. The predicted octanol–water partition coefficient (Wildman–Crippen LogP) is 0.0304. The molecule has 0 N–H and O–H groups in total. The van der Waals surface area contributed by atoms with E-state index < -0.39 is 10.1 Å². The molecule has 88 valence electrons. The van der Waals surface area contributed by atoms with Gasteiger partial charge in [-0.25, -0.2) is 8.42 Å². The first-order valence-corrected chi connectivity index (χ1v) is 6.61. The lowest BCUT2D eigenvalue weighted by atomic mass is 10.3. The topological polar surface area (TPSA) is 63.7 Å². The number of nitrogens with zero attached hydrogens (tertiary/aromatic N) is 2. The van der Waals surface area contributed by atoms with Crippen LogP contribution in [-0.2, 0) is 10.1 Å². The SMILES string of the molecule is C=CN1CCN(CCCCS(=O)(=O)[O-])C1. The second-order valence-electron chi connectivity index (χ2n) is 3.72. The van der Waals surface area contributed by atoms with E-state index in [2.05, 4.69) is 16.4 Å². The van der Waals surface area contributed by atoms with Crippen molar-refractivity contribution in [2.75, 3.05) is 32.1 Å². The van der Waals surface area contributed by atoms with E-state index in [9.17, 15) is 13.0 Å². The Kier molecular flexibility index (Phi) is 4.56. The van der Waals surface area contributed by atoms with Gasteiger partial charge in [-0.15, -0.1) is 0 Å². The molecule has 1 rings (SSSR count). The normalized spacial score (nSPS) is 18.3. The Labute approximate surface area is 91.1 Å². The molecule has 1 aliphatic rings. The van der Waals surface area contributed by atoms with Gasteiger partial charge in [0.1, 0.15) is 0 Å². The first kappa shape index (κ1) is 12.5. The van der Waals surface area contributed by atoms with Crippen LogP contribution in [0.5, 0.6) is 0 Å². The van der Waals surface area contributed by atoms with Gasteiger partial charge in [0.2, 0.25) is 0 Å². The molecular formula is C9H17N2O3S-. The smallest absolute Gasteiger partial charge is 0.0945 e. The average molecular weight is 233 g/mol. The fraction of sp³-hybridized carbons (Fsp3) is 0.778. The maximum Gasteiger partial charge on any atom is 0.0945 e. The van der Waals surface area contributed by atoms with E-state index in [1.807, 2.05) is 6.20 Å². The highest BCUT2D eigenvalue weighted by atomic mass is 32.2. The Morgan fingerprint density at radius 1 is 1.33 bits per heavy atom. The third-order valence-electron chi connectivity index (χ3n) is 2.46. The minimum atomic E-state index is -4.03. The van der Waals surface area contributed by atoms with E-state index in [-0.39, 0.29) is 5.75 Å². The van der Waals surface area contributed by atoms with Crippen molar-refractivity contribution in [3.05, 3.63) is 12.8 Å². The summed E-state index contributed by atoms with van der Waals surface area (Å²) in [6, 6.07) is 0.